The zero-order valence-corrected chi connectivity index (χ0v) is 23.5. The molecule has 0 bridgehead atoms. The number of hydrogen-bond acceptors (Lipinski definition) is 2. The van der Waals surface area contributed by atoms with Crippen molar-refractivity contribution in [3.8, 4) is 11.5 Å². The van der Waals surface area contributed by atoms with Crippen LogP contribution in [-0.2, 0) is 17.3 Å². The molecular weight excluding hydrogens is 452 g/mol. The van der Waals surface area contributed by atoms with Gasteiger partial charge in [-0.25, -0.2) is 0 Å². The van der Waals surface area contributed by atoms with Gasteiger partial charge in [-0.3, -0.25) is 0 Å². The Morgan fingerprint density at radius 2 is 0.919 bits per heavy atom. The highest BCUT2D eigenvalue weighted by atomic mass is 16.3. The Labute approximate surface area is 222 Å². The second kappa shape index (κ2) is 9.74. The first-order valence-electron chi connectivity index (χ1n) is 13.1. The van der Waals surface area contributed by atoms with Crippen LogP contribution >= 0.6 is 0 Å². The topological polar surface area (TPSA) is 40.5 Å². The van der Waals surface area contributed by atoms with E-state index in [1.54, 1.807) is 6.07 Å². The highest BCUT2D eigenvalue weighted by Gasteiger charge is 2.26. The summed E-state index contributed by atoms with van der Waals surface area (Å²) in [5, 5.41) is 20.7. The SMILES string of the molecule is Cc1ccc(C(C)(C)c2ccc(O)c(Cc3ccc(C(C)(C)c4ccc(O)c(C)c4)cc3C)c2)cc1C. The van der Waals surface area contributed by atoms with Gasteiger partial charge in [0.1, 0.15) is 11.5 Å². The lowest BCUT2D eigenvalue weighted by molar-refractivity contribution is 0.468. The lowest BCUT2D eigenvalue weighted by Crippen LogP contribution is -2.20. The van der Waals surface area contributed by atoms with Crippen LogP contribution in [0.15, 0.2) is 72.8 Å². The number of phenols is 2. The summed E-state index contributed by atoms with van der Waals surface area (Å²) in [5.41, 5.74) is 11.3. The van der Waals surface area contributed by atoms with Crippen LogP contribution < -0.4 is 0 Å². The summed E-state index contributed by atoms with van der Waals surface area (Å²) in [5.74, 6) is 0.664. The minimum atomic E-state index is -0.194. The Bertz CT molecular complexity index is 1460. The molecule has 0 saturated carbocycles. The van der Waals surface area contributed by atoms with E-state index in [-0.39, 0.29) is 10.8 Å². The largest absolute Gasteiger partial charge is 0.508 e. The van der Waals surface area contributed by atoms with E-state index in [9.17, 15) is 10.2 Å². The molecule has 192 valence electrons. The van der Waals surface area contributed by atoms with E-state index < -0.39 is 0 Å². The Kier molecular flexibility index (Phi) is 6.99. The number of hydrogen-bond donors (Lipinski definition) is 2. The van der Waals surface area contributed by atoms with Gasteiger partial charge in [0.05, 0.1) is 0 Å². The third-order valence-electron chi connectivity index (χ3n) is 8.39. The molecule has 0 amide bonds. The average molecular weight is 493 g/mol. The van der Waals surface area contributed by atoms with Gasteiger partial charge in [0.15, 0.2) is 0 Å². The number of aryl methyl sites for hydroxylation is 4. The van der Waals surface area contributed by atoms with Crippen molar-refractivity contribution in [1.29, 1.82) is 0 Å². The summed E-state index contributed by atoms with van der Waals surface area (Å²) in [6.07, 6.45) is 0.674. The van der Waals surface area contributed by atoms with Crippen LogP contribution in [0.1, 0.15) is 83.3 Å². The summed E-state index contributed by atoms with van der Waals surface area (Å²) in [4.78, 5) is 0. The maximum Gasteiger partial charge on any atom is 0.119 e. The maximum atomic E-state index is 10.8. The van der Waals surface area contributed by atoms with Crippen LogP contribution in [0.3, 0.4) is 0 Å². The van der Waals surface area contributed by atoms with Crippen LogP contribution in [0.4, 0.5) is 0 Å². The fourth-order valence-electron chi connectivity index (χ4n) is 5.11. The van der Waals surface area contributed by atoms with Crippen LogP contribution in [-0.4, -0.2) is 10.2 Å². The van der Waals surface area contributed by atoms with Gasteiger partial charge in [-0.2, -0.15) is 0 Å². The quantitative estimate of drug-likeness (QED) is 0.283. The molecule has 4 rings (SSSR count). The molecule has 0 radical (unpaired) electrons. The molecule has 0 aromatic heterocycles. The Balaban J connectivity index is 1.64. The molecule has 0 aliphatic rings. The predicted octanol–water partition coefficient (Wildman–Crippen LogP) is 8.57. The van der Waals surface area contributed by atoms with Crippen molar-refractivity contribution in [2.45, 2.75) is 72.6 Å². The summed E-state index contributed by atoms with van der Waals surface area (Å²) in [6, 6.07) is 25.3. The van der Waals surface area contributed by atoms with E-state index in [1.165, 1.54) is 44.5 Å². The van der Waals surface area contributed by atoms with Gasteiger partial charge in [0, 0.05) is 17.3 Å². The lowest BCUT2D eigenvalue weighted by atomic mass is 9.76. The number of benzene rings is 4. The molecule has 4 aromatic rings. The summed E-state index contributed by atoms with van der Waals surface area (Å²) in [6.45, 7) is 17.3. The van der Waals surface area contributed by atoms with Gasteiger partial charge >= 0.3 is 0 Å². The second-order valence-electron chi connectivity index (χ2n) is 11.7. The molecule has 0 heterocycles. The van der Waals surface area contributed by atoms with Gasteiger partial charge in [-0.05, 0) is 95.5 Å². The van der Waals surface area contributed by atoms with Crippen LogP contribution in [0, 0.1) is 27.7 Å². The Morgan fingerprint density at radius 3 is 1.46 bits per heavy atom. The molecule has 0 aliphatic carbocycles. The van der Waals surface area contributed by atoms with E-state index >= 15 is 0 Å². The average Bonchev–Trinajstić information content (AvgIpc) is 2.84. The van der Waals surface area contributed by atoms with E-state index in [4.69, 9.17) is 0 Å². The monoisotopic (exact) mass is 492 g/mol. The van der Waals surface area contributed by atoms with Crippen LogP contribution in [0.25, 0.3) is 0 Å². The van der Waals surface area contributed by atoms with E-state index in [0.717, 1.165) is 11.1 Å². The summed E-state index contributed by atoms with van der Waals surface area (Å²) >= 11 is 0. The predicted molar refractivity (Wildman–Crippen MR) is 155 cm³/mol. The van der Waals surface area contributed by atoms with Gasteiger partial charge in [-0.1, -0.05) is 88.4 Å². The molecule has 0 fully saturated rings. The zero-order chi connectivity index (χ0) is 27.1. The Hall–Kier alpha value is -3.52. The molecule has 0 atom stereocenters. The fraction of sp³-hybridized carbons (Fsp3) is 0.314. The highest BCUT2D eigenvalue weighted by molar-refractivity contribution is 5.49. The highest BCUT2D eigenvalue weighted by Crippen LogP contribution is 2.37. The van der Waals surface area contributed by atoms with Gasteiger partial charge in [-0.15, -0.1) is 0 Å². The molecule has 2 nitrogen and oxygen atoms in total. The smallest absolute Gasteiger partial charge is 0.119 e. The molecule has 0 unspecified atom stereocenters. The third-order valence-corrected chi connectivity index (χ3v) is 8.39. The van der Waals surface area contributed by atoms with Gasteiger partial charge in [0.25, 0.3) is 0 Å². The normalized spacial score (nSPS) is 12.1. The van der Waals surface area contributed by atoms with Crippen molar-refractivity contribution in [3.63, 3.8) is 0 Å². The van der Waals surface area contributed by atoms with Gasteiger partial charge < -0.3 is 10.2 Å². The number of aromatic hydroxyl groups is 2. The minimum absolute atomic E-state index is 0.175. The van der Waals surface area contributed by atoms with E-state index in [1.807, 2.05) is 25.1 Å². The molecule has 0 spiro atoms. The maximum absolute atomic E-state index is 10.8. The molecular formula is C35H40O2. The molecule has 2 N–H and O–H groups in total. The first-order valence-corrected chi connectivity index (χ1v) is 13.1. The standard InChI is InChI=1S/C35H40O2/c1-22-9-11-28(17-23(22)2)35(7,8)31-14-16-33(37)27(21-31)20-26-10-12-29(18-24(26)3)34(5,6)30-13-15-32(36)25(4)19-30/h9-19,21,36-37H,20H2,1-8H3. The van der Waals surface area contributed by atoms with Crippen molar-refractivity contribution in [1.82, 2.24) is 0 Å². The molecule has 2 heteroatoms. The van der Waals surface area contributed by atoms with E-state index in [2.05, 4.69) is 97.0 Å². The second-order valence-corrected chi connectivity index (χ2v) is 11.7. The van der Waals surface area contributed by atoms with Gasteiger partial charge in [0.2, 0.25) is 0 Å². The van der Waals surface area contributed by atoms with Crippen molar-refractivity contribution >= 4 is 0 Å². The first-order chi connectivity index (χ1) is 17.3. The minimum Gasteiger partial charge on any atom is -0.508 e. The molecule has 37 heavy (non-hydrogen) atoms. The van der Waals surface area contributed by atoms with Crippen molar-refractivity contribution in [3.05, 3.63) is 128 Å². The molecule has 4 aromatic carbocycles. The van der Waals surface area contributed by atoms with Crippen molar-refractivity contribution < 1.29 is 10.2 Å². The molecule has 0 saturated heterocycles. The third kappa shape index (κ3) is 5.16. The number of phenolic OH excluding ortho intramolecular Hbond substituents is 2. The first kappa shape index (κ1) is 26.5. The van der Waals surface area contributed by atoms with Crippen molar-refractivity contribution in [2.75, 3.05) is 0 Å². The fourth-order valence-corrected chi connectivity index (χ4v) is 5.11. The molecule has 0 aliphatic heterocycles. The summed E-state index contributed by atoms with van der Waals surface area (Å²) in [7, 11) is 0. The summed E-state index contributed by atoms with van der Waals surface area (Å²) < 4.78 is 0. The van der Waals surface area contributed by atoms with Crippen LogP contribution in [0.2, 0.25) is 0 Å². The number of rotatable bonds is 6. The Morgan fingerprint density at radius 1 is 0.459 bits per heavy atom. The lowest BCUT2D eigenvalue weighted by Gasteiger charge is -2.28. The van der Waals surface area contributed by atoms with Crippen LogP contribution in [0.5, 0.6) is 11.5 Å². The van der Waals surface area contributed by atoms with E-state index in [0.29, 0.717) is 17.9 Å². The van der Waals surface area contributed by atoms with Crippen molar-refractivity contribution in [2.24, 2.45) is 0 Å². The zero-order valence-electron chi connectivity index (χ0n) is 23.5.